The number of nitrogens with one attached hydrogen (secondary N) is 1. The first kappa shape index (κ1) is 17.4. The summed E-state index contributed by atoms with van der Waals surface area (Å²) in [4.78, 5) is 8.62. The molecule has 0 atom stereocenters. The summed E-state index contributed by atoms with van der Waals surface area (Å²) in [5.41, 5.74) is 5.60. The summed E-state index contributed by atoms with van der Waals surface area (Å²) in [5.74, 6) is 1.35. The van der Waals surface area contributed by atoms with Gasteiger partial charge in [-0.2, -0.15) is 5.10 Å². The van der Waals surface area contributed by atoms with Gasteiger partial charge in [-0.25, -0.2) is 9.97 Å². The second-order valence-corrected chi connectivity index (χ2v) is 6.90. The largest absolute Gasteiger partial charge is 0.456 e. The quantitative estimate of drug-likeness (QED) is 0.400. The van der Waals surface area contributed by atoms with E-state index in [-0.39, 0.29) is 0 Å². The number of fused-ring (bicyclic) bond motifs is 2. The molecule has 0 amide bonds. The van der Waals surface area contributed by atoms with Gasteiger partial charge in [-0.3, -0.25) is 5.43 Å². The van der Waals surface area contributed by atoms with Gasteiger partial charge in [-0.15, -0.1) is 0 Å². The molecular weight excluding hydrogens is 384 g/mol. The number of halogens is 1. The summed E-state index contributed by atoms with van der Waals surface area (Å²) in [6.45, 7) is 0. The molecule has 0 spiro atoms. The van der Waals surface area contributed by atoms with Gasteiger partial charge < -0.3 is 4.42 Å². The van der Waals surface area contributed by atoms with Crippen molar-refractivity contribution in [1.82, 2.24) is 9.97 Å². The molecule has 0 aliphatic carbocycles. The molecule has 0 aliphatic heterocycles. The molecule has 29 heavy (non-hydrogen) atoms. The Bertz CT molecular complexity index is 1390. The summed E-state index contributed by atoms with van der Waals surface area (Å²) in [6.07, 6.45) is 1.52. The number of benzene rings is 3. The Morgan fingerprint density at radius 2 is 1.66 bits per heavy atom. The smallest absolute Gasteiger partial charge is 0.157 e. The SMILES string of the molecule is Clc1ccc2oc(-c3ccccc3)cc(=NNc3ncnc4ccccc34)c2c1. The first-order chi connectivity index (χ1) is 14.3. The van der Waals surface area contributed by atoms with Gasteiger partial charge in [0.05, 0.1) is 10.9 Å². The Morgan fingerprint density at radius 3 is 2.55 bits per heavy atom. The topological polar surface area (TPSA) is 63.3 Å². The number of hydrogen-bond acceptors (Lipinski definition) is 5. The summed E-state index contributed by atoms with van der Waals surface area (Å²) in [6, 6.07) is 25.1. The van der Waals surface area contributed by atoms with E-state index in [1.807, 2.05) is 72.8 Å². The van der Waals surface area contributed by atoms with Crippen LogP contribution >= 0.6 is 11.6 Å². The van der Waals surface area contributed by atoms with Crippen molar-refractivity contribution in [2.45, 2.75) is 0 Å². The molecule has 0 bridgehead atoms. The zero-order valence-electron chi connectivity index (χ0n) is 15.2. The second-order valence-electron chi connectivity index (χ2n) is 6.47. The molecule has 5 aromatic rings. The van der Waals surface area contributed by atoms with Crippen molar-refractivity contribution in [2.75, 3.05) is 5.43 Å². The van der Waals surface area contributed by atoms with Gasteiger partial charge in [-0.1, -0.05) is 54.1 Å². The highest BCUT2D eigenvalue weighted by molar-refractivity contribution is 6.31. The van der Waals surface area contributed by atoms with Crippen LogP contribution in [-0.2, 0) is 0 Å². The van der Waals surface area contributed by atoms with Gasteiger partial charge >= 0.3 is 0 Å². The predicted molar refractivity (Wildman–Crippen MR) is 115 cm³/mol. The number of aromatic nitrogens is 2. The molecule has 0 radical (unpaired) electrons. The van der Waals surface area contributed by atoms with Crippen LogP contribution in [0.1, 0.15) is 0 Å². The summed E-state index contributed by atoms with van der Waals surface area (Å²) < 4.78 is 6.09. The van der Waals surface area contributed by atoms with Crippen LogP contribution < -0.4 is 10.8 Å². The number of anilines is 1. The zero-order chi connectivity index (χ0) is 19.6. The van der Waals surface area contributed by atoms with E-state index >= 15 is 0 Å². The van der Waals surface area contributed by atoms with Crippen LogP contribution in [0.5, 0.6) is 0 Å². The lowest BCUT2D eigenvalue weighted by Crippen LogP contribution is -2.08. The molecule has 0 saturated heterocycles. The molecular formula is C23H15ClN4O. The predicted octanol–water partition coefficient (Wildman–Crippen LogP) is 5.62. The van der Waals surface area contributed by atoms with Crippen LogP contribution in [0.25, 0.3) is 33.2 Å². The molecule has 5 nitrogen and oxygen atoms in total. The van der Waals surface area contributed by atoms with Crippen molar-refractivity contribution in [3.8, 4) is 11.3 Å². The lowest BCUT2D eigenvalue weighted by molar-refractivity contribution is 0.618. The molecule has 6 heteroatoms. The molecule has 3 aromatic carbocycles. The average Bonchev–Trinajstić information content (AvgIpc) is 2.78. The van der Waals surface area contributed by atoms with E-state index in [4.69, 9.17) is 16.0 Å². The maximum Gasteiger partial charge on any atom is 0.157 e. The minimum absolute atomic E-state index is 0.615. The highest BCUT2D eigenvalue weighted by Crippen LogP contribution is 2.24. The number of para-hydroxylation sites is 1. The average molecular weight is 399 g/mol. The van der Waals surface area contributed by atoms with Crippen molar-refractivity contribution in [3.63, 3.8) is 0 Å². The van der Waals surface area contributed by atoms with Crippen LogP contribution in [0.2, 0.25) is 5.02 Å². The third-order valence-electron chi connectivity index (χ3n) is 4.59. The van der Waals surface area contributed by atoms with Gasteiger partial charge in [0.1, 0.15) is 17.7 Å². The fraction of sp³-hybridized carbons (Fsp3) is 0. The Hall–Kier alpha value is -3.70. The first-order valence-corrected chi connectivity index (χ1v) is 9.44. The lowest BCUT2D eigenvalue weighted by Gasteiger charge is -2.07. The molecule has 0 saturated carbocycles. The Kier molecular flexibility index (Phi) is 4.42. The monoisotopic (exact) mass is 398 g/mol. The minimum atomic E-state index is 0.615. The van der Waals surface area contributed by atoms with E-state index in [9.17, 15) is 0 Å². The molecule has 0 aliphatic rings. The van der Waals surface area contributed by atoms with Crippen LogP contribution in [0.15, 0.2) is 94.7 Å². The number of hydrogen-bond donors (Lipinski definition) is 1. The van der Waals surface area contributed by atoms with E-state index in [2.05, 4.69) is 20.5 Å². The van der Waals surface area contributed by atoms with Crippen molar-refractivity contribution in [3.05, 3.63) is 95.6 Å². The normalized spacial score (nSPS) is 11.8. The standard InChI is InChI=1S/C23H15ClN4O/c24-16-10-11-21-18(12-16)20(13-22(29-21)15-6-2-1-3-7-15)27-28-23-17-8-4-5-9-19(17)25-14-26-23/h1-14H,(H,25,26,28). The van der Waals surface area contributed by atoms with Gasteiger partial charge in [0.2, 0.25) is 0 Å². The maximum absolute atomic E-state index is 6.22. The summed E-state index contributed by atoms with van der Waals surface area (Å²) in [7, 11) is 0. The van der Waals surface area contributed by atoms with E-state index in [1.54, 1.807) is 6.07 Å². The van der Waals surface area contributed by atoms with Crippen LogP contribution in [0.4, 0.5) is 5.82 Å². The second kappa shape index (κ2) is 7.37. The fourth-order valence-electron chi connectivity index (χ4n) is 3.19. The van der Waals surface area contributed by atoms with E-state index < -0.39 is 0 Å². The van der Waals surface area contributed by atoms with Crippen molar-refractivity contribution >= 4 is 39.3 Å². The van der Waals surface area contributed by atoms with E-state index in [0.29, 0.717) is 27.5 Å². The summed E-state index contributed by atoms with van der Waals surface area (Å²) >= 11 is 6.22. The highest BCUT2D eigenvalue weighted by atomic mass is 35.5. The van der Waals surface area contributed by atoms with E-state index in [1.165, 1.54) is 6.33 Å². The maximum atomic E-state index is 6.22. The molecule has 2 aromatic heterocycles. The summed E-state index contributed by atoms with van der Waals surface area (Å²) in [5, 5.41) is 7.64. The van der Waals surface area contributed by atoms with Crippen LogP contribution in [0.3, 0.4) is 0 Å². The van der Waals surface area contributed by atoms with Gasteiger partial charge in [-0.05, 0) is 30.3 Å². The van der Waals surface area contributed by atoms with Crippen LogP contribution in [-0.4, -0.2) is 9.97 Å². The molecule has 2 heterocycles. The fourth-order valence-corrected chi connectivity index (χ4v) is 3.36. The van der Waals surface area contributed by atoms with Gasteiger partial charge in [0.25, 0.3) is 0 Å². The highest BCUT2D eigenvalue weighted by Gasteiger charge is 2.07. The minimum Gasteiger partial charge on any atom is -0.456 e. The van der Waals surface area contributed by atoms with Crippen molar-refractivity contribution < 1.29 is 4.42 Å². The third kappa shape index (κ3) is 3.44. The zero-order valence-corrected chi connectivity index (χ0v) is 16.0. The Balaban J connectivity index is 1.69. The molecule has 0 fully saturated rings. The lowest BCUT2D eigenvalue weighted by atomic mass is 10.1. The van der Waals surface area contributed by atoms with Crippen LogP contribution in [0, 0.1) is 0 Å². The number of rotatable bonds is 3. The first-order valence-electron chi connectivity index (χ1n) is 9.06. The molecule has 140 valence electrons. The van der Waals surface area contributed by atoms with E-state index in [0.717, 1.165) is 21.9 Å². The number of nitrogens with zero attached hydrogens (tertiary/aromatic N) is 3. The van der Waals surface area contributed by atoms with Gasteiger partial charge in [0, 0.05) is 27.4 Å². The molecule has 5 rings (SSSR count). The third-order valence-corrected chi connectivity index (χ3v) is 4.82. The molecule has 1 N–H and O–H groups in total. The Morgan fingerprint density at radius 1 is 0.828 bits per heavy atom. The van der Waals surface area contributed by atoms with Gasteiger partial charge in [0.15, 0.2) is 5.82 Å². The molecule has 0 unspecified atom stereocenters. The van der Waals surface area contributed by atoms with Crippen molar-refractivity contribution in [2.24, 2.45) is 5.10 Å². The Labute approximate surface area is 171 Å². The van der Waals surface area contributed by atoms with Crippen molar-refractivity contribution in [1.29, 1.82) is 0 Å².